The Morgan fingerprint density at radius 3 is 2.67 bits per heavy atom. The van der Waals surface area contributed by atoms with Crippen LogP contribution in [0.1, 0.15) is 36.3 Å². The summed E-state index contributed by atoms with van der Waals surface area (Å²) in [6, 6.07) is 7.84. The van der Waals surface area contributed by atoms with E-state index in [0.29, 0.717) is 5.02 Å². The average molecular weight is 326 g/mol. The molecule has 3 nitrogen and oxygen atoms in total. The molecule has 1 atom stereocenters. The molecule has 1 aromatic carbocycles. The molecule has 2 aromatic rings. The van der Waals surface area contributed by atoms with Crippen molar-refractivity contribution in [2.75, 3.05) is 6.54 Å². The van der Waals surface area contributed by atoms with Crippen molar-refractivity contribution in [1.29, 1.82) is 0 Å². The Labute approximate surface area is 136 Å². The van der Waals surface area contributed by atoms with Gasteiger partial charge < -0.3 is 5.32 Å². The summed E-state index contributed by atoms with van der Waals surface area (Å²) < 4.78 is 2.05. The van der Waals surface area contributed by atoms with Gasteiger partial charge in [0.1, 0.15) is 0 Å². The Balaban J connectivity index is 1.83. The zero-order valence-corrected chi connectivity index (χ0v) is 14.2. The Bertz CT molecular complexity index is 608. The van der Waals surface area contributed by atoms with Gasteiger partial charge in [0, 0.05) is 28.3 Å². The molecule has 2 rings (SSSR count). The van der Waals surface area contributed by atoms with E-state index in [1.165, 1.54) is 5.69 Å². The van der Waals surface area contributed by atoms with Crippen molar-refractivity contribution in [2.24, 2.45) is 0 Å². The fraction of sp³-hybridized carbons (Fsp3) is 0.438. The molecule has 0 saturated heterocycles. The summed E-state index contributed by atoms with van der Waals surface area (Å²) in [5.74, 6) is 0. The molecule has 0 aliphatic carbocycles. The Morgan fingerprint density at radius 2 is 2.00 bits per heavy atom. The van der Waals surface area contributed by atoms with E-state index in [2.05, 4.69) is 30.3 Å². The van der Waals surface area contributed by atoms with Gasteiger partial charge in [-0.05, 0) is 63.6 Å². The second-order valence-electron chi connectivity index (χ2n) is 5.35. The summed E-state index contributed by atoms with van der Waals surface area (Å²) in [5, 5.41) is 9.40. The lowest BCUT2D eigenvalue weighted by molar-refractivity contribution is 0.500. The fourth-order valence-corrected chi connectivity index (χ4v) is 2.87. The summed E-state index contributed by atoms with van der Waals surface area (Å²) >= 11 is 12.2. The van der Waals surface area contributed by atoms with Crippen LogP contribution >= 0.6 is 23.2 Å². The monoisotopic (exact) mass is 325 g/mol. The number of aromatic nitrogens is 2. The minimum absolute atomic E-state index is 0.177. The van der Waals surface area contributed by atoms with Crippen molar-refractivity contribution >= 4 is 23.2 Å². The summed E-state index contributed by atoms with van der Waals surface area (Å²) in [5.41, 5.74) is 3.31. The predicted octanol–water partition coefficient (Wildman–Crippen LogP) is 4.55. The van der Waals surface area contributed by atoms with Crippen LogP contribution in [0.25, 0.3) is 0 Å². The first-order valence-electron chi connectivity index (χ1n) is 7.17. The molecule has 114 valence electrons. The van der Waals surface area contributed by atoms with Gasteiger partial charge in [-0.2, -0.15) is 5.10 Å². The molecule has 0 saturated carbocycles. The van der Waals surface area contributed by atoms with E-state index in [4.69, 9.17) is 23.2 Å². The van der Waals surface area contributed by atoms with Crippen LogP contribution in [0.2, 0.25) is 10.0 Å². The Morgan fingerprint density at radius 1 is 1.24 bits per heavy atom. The van der Waals surface area contributed by atoms with Gasteiger partial charge in [0.15, 0.2) is 0 Å². The summed E-state index contributed by atoms with van der Waals surface area (Å²) in [4.78, 5) is 0. The van der Waals surface area contributed by atoms with E-state index in [9.17, 15) is 0 Å². The normalized spacial score (nSPS) is 12.6. The third-order valence-corrected chi connectivity index (χ3v) is 4.10. The zero-order chi connectivity index (χ0) is 15.4. The first kappa shape index (κ1) is 16.3. The Kier molecular flexibility index (Phi) is 5.68. The second-order valence-corrected chi connectivity index (χ2v) is 6.19. The summed E-state index contributed by atoms with van der Waals surface area (Å²) in [6.07, 6.45) is 1.02. The molecule has 0 radical (unpaired) electrons. The minimum Gasteiger partial charge on any atom is -0.310 e. The van der Waals surface area contributed by atoms with Crippen LogP contribution in [0.3, 0.4) is 0 Å². The number of rotatable bonds is 6. The second kappa shape index (κ2) is 7.30. The van der Waals surface area contributed by atoms with Crippen molar-refractivity contribution in [1.82, 2.24) is 15.1 Å². The number of hydrogen-bond donors (Lipinski definition) is 1. The van der Waals surface area contributed by atoms with Crippen LogP contribution in [0, 0.1) is 13.8 Å². The maximum absolute atomic E-state index is 6.21. The van der Waals surface area contributed by atoms with Gasteiger partial charge in [-0.1, -0.05) is 23.2 Å². The van der Waals surface area contributed by atoms with Gasteiger partial charge in [-0.15, -0.1) is 0 Å². The van der Waals surface area contributed by atoms with Crippen LogP contribution in [-0.2, 0) is 6.54 Å². The van der Waals surface area contributed by atoms with Gasteiger partial charge in [-0.3, -0.25) is 4.68 Å². The van der Waals surface area contributed by atoms with Gasteiger partial charge in [-0.25, -0.2) is 0 Å². The van der Waals surface area contributed by atoms with Crippen LogP contribution in [0.15, 0.2) is 24.3 Å². The molecular weight excluding hydrogens is 305 g/mol. The Hall–Kier alpha value is -1.03. The highest BCUT2D eigenvalue weighted by atomic mass is 35.5. The summed E-state index contributed by atoms with van der Waals surface area (Å²) in [7, 11) is 0. The summed E-state index contributed by atoms with van der Waals surface area (Å²) in [6.45, 7) is 8.03. The number of hydrogen-bond acceptors (Lipinski definition) is 2. The third kappa shape index (κ3) is 4.47. The van der Waals surface area contributed by atoms with Crippen LogP contribution < -0.4 is 5.32 Å². The van der Waals surface area contributed by atoms with Crippen LogP contribution in [0.5, 0.6) is 0 Å². The lowest BCUT2D eigenvalue weighted by Crippen LogP contribution is -2.21. The molecule has 1 heterocycles. The maximum atomic E-state index is 6.21. The molecule has 1 unspecified atom stereocenters. The molecule has 0 aliphatic rings. The fourth-order valence-electron chi connectivity index (χ4n) is 2.41. The van der Waals surface area contributed by atoms with Gasteiger partial charge >= 0.3 is 0 Å². The maximum Gasteiger partial charge on any atom is 0.0596 e. The first-order chi connectivity index (χ1) is 9.97. The number of halogens is 2. The highest BCUT2D eigenvalue weighted by Gasteiger charge is 2.09. The standard InChI is InChI=1S/C16H21Cl2N3/c1-11-9-12(2)21(20-11)8-4-7-19-13(3)15-10-14(17)5-6-16(15)18/h5-6,9-10,13,19H,4,7-8H2,1-3H3. The topological polar surface area (TPSA) is 29.9 Å². The van der Waals surface area contributed by atoms with Crippen molar-refractivity contribution < 1.29 is 0 Å². The van der Waals surface area contributed by atoms with E-state index in [-0.39, 0.29) is 6.04 Å². The molecule has 0 bridgehead atoms. The molecule has 0 fully saturated rings. The third-order valence-electron chi connectivity index (χ3n) is 3.53. The molecule has 5 heteroatoms. The molecule has 1 aromatic heterocycles. The molecule has 0 spiro atoms. The van der Waals surface area contributed by atoms with E-state index < -0.39 is 0 Å². The van der Waals surface area contributed by atoms with Crippen molar-refractivity contribution in [3.8, 4) is 0 Å². The van der Waals surface area contributed by atoms with Gasteiger partial charge in [0.25, 0.3) is 0 Å². The molecule has 0 amide bonds. The molecule has 0 aliphatic heterocycles. The quantitative estimate of drug-likeness (QED) is 0.790. The first-order valence-corrected chi connectivity index (χ1v) is 7.92. The van der Waals surface area contributed by atoms with Gasteiger partial charge in [0.2, 0.25) is 0 Å². The smallest absolute Gasteiger partial charge is 0.0596 e. The molecule has 1 N–H and O–H groups in total. The largest absolute Gasteiger partial charge is 0.310 e. The van der Waals surface area contributed by atoms with Crippen molar-refractivity contribution in [3.63, 3.8) is 0 Å². The SMILES string of the molecule is Cc1cc(C)n(CCCNC(C)c2cc(Cl)ccc2Cl)n1. The van der Waals surface area contributed by atoms with E-state index in [1.807, 2.05) is 29.8 Å². The zero-order valence-electron chi connectivity index (χ0n) is 12.7. The van der Waals surface area contributed by atoms with Gasteiger partial charge in [0.05, 0.1) is 5.69 Å². The lowest BCUT2D eigenvalue weighted by atomic mass is 10.1. The number of nitrogens with one attached hydrogen (secondary N) is 1. The van der Waals surface area contributed by atoms with Crippen LogP contribution in [-0.4, -0.2) is 16.3 Å². The average Bonchev–Trinajstić information content (AvgIpc) is 2.75. The number of aryl methyl sites for hydroxylation is 3. The number of nitrogens with zero attached hydrogens (tertiary/aromatic N) is 2. The van der Waals surface area contributed by atoms with Crippen molar-refractivity contribution in [2.45, 2.75) is 39.8 Å². The highest BCUT2D eigenvalue weighted by Crippen LogP contribution is 2.26. The lowest BCUT2D eigenvalue weighted by Gasteiger charge is -2.16. The van der Waals surface area contributed by atoms with E-state index >= 15 is 0 Å². The number of benzene rings is 1. The molecular formula is C16H21Cl2N3. The van der Waals surface area contributed by atoms with E-state index in [1.54, 1.807) is 0 Å². The predicted molar refractivity (Wildman–Crippen MR) is 89.2 cm³/mol. The van der Waals surface area contributed by atoms with Crippen LogP contribution in [0.4, 0.5) is 0 Å². The van der Waals surface area contributed by atoms with E-state index in [0.717, 1.165) is 35.8 Å². The van der Waals surface area contributed by atoms with Crippen molar-refractivity contribution in [3.05, 3.63) is 51.3 Å². The minimum atomic E-state index is 0.177. The molecule has 21 heavy (non-hydrogen) atoms. The highest BCUT2D eigenvalue weighted by molar-refractivity contribution is 6.33.